The van der Waals surface area contributed by atoms with Gasteiger partial charge in [0.15, 0.2) is 17.2 Å². The molecule has 0 bridgehead atoms. The van der Waals surface area contributed by atoms with Crippen LogP contribution in [0.5, 0.6) is 0 Å². The molecular weight excluding hydrogens is 462 g/mol. The summed E-state index contributed by atoms with van der Waals surface area (Å²) in [5.74, 6) is -0.991. The fourth-order valence-electron chi connectivity index (χ4n) is 6.78. The molecule has 0 spiro atoms. The molecule has 4 aliphatic rings. The molecule has 27 heavy (non-hydrogen) atoms. The topological polar surface area (TPSA) is 74.6 Å². The van der Waals surface area contributed by atoms with Crippen LogP contribution in [-0.2, 0) is 9.59 Å². The van der Waals surface area contributed by atoms with Crippen molar-refractivity contribution in [2.24, 2.45) is 22.7 Å². The Morgan fingerprint density at radius 1 is 1.33 bits per heavy atom. The zero-order valence-corrected chi connectivity index (χ0v) is 17.8. The largest absolute Gasteiger partial charge is 0.390 e. The molecule has 4 rings (SSSR count). The number of carbonyl (C=O) groups excluding carboxylic acids is 2. The Kier molecular flexibility index (Phi) is 4.34. The van der Waals surface area contributed by atoms with Crippen LogP contribution >= 0.6 is 22.6 Å². The number of carbonyl (C=O) groups is 2. The molecule has 4 aliphatic carbocycles. The van der Waals surface area contributed by atoms with E-state index < -0.39 is 34.1 Å². The van der Waals surface area contributed by atoms with Gasteiger partial charge in [-0.1, -0.05) is 41.2 Å². The van der Waals surface area contributed by atoms with Crippen molar-refractivity contribution in [2.45, 2.75) is 63.3 Å². The first-order chi connectivity index (χ1) is 12.5. The molecule has 3 saturated carbocycles. The molecule has 148 valence electrons. The highest BCUT2D eigenvalue weighted by molar-refractivity contribution is 14.1. The van der Waals surface area contributed by atoms with Gasteiger partial charge in [-0.2, -0.15) is 0 Å². The lowest BCUT2D eigenvalue weighted by atomic mass is 9.44. The van der Waals surface area contributed by atoms with Gasteiger partial charge in [0.1, 0.15) is 5.60 Å². The number of hydrogen-bond donors (Lipinski definition) is 2. The van der Waals surface area contributed by atoms with E-state index in [1.807, 2.05) is 29.5 Å². The van der Waals surface area contributed by atoms with Crippen LogP contribution in [0.4, 0.5) is 4.39 Å². The number of alkyl halides is 2. The molecule has 0 saturated heterocycles. The number of aliphatic hydroxyl groups excluding tert-OH is 1. The fraction of sp³-hybridized carbons (Fsp3) is 0.714. The van der Waals surface area contributed by atoms with E-state index in [0.29, 0.717) is 25.7 Å². The van der Waals surface area contributed by atoms with Crippen LogP contribution in [-0.4, -0.2) is 43.6 Å². The fourth-order valence-corrected chi connectivity index (χ4v) is 7.41. The Labute approximate surface area is 172 Å². The molecule has 4 nitrogen and oxygen atoms in total. The first-order valence-corrected chi connectivity index (χ1v) is 11.2. The lowest BCUT2D eigenvalue weighted by Gasteiger charge is -2.62. The highest BCUT2D eigenvalue weighted by Crippen LogP contribution is 2.69. The van der Waals surface area contributed by atoms with Crippen molar-refractivity contribution in [3.05, 3.63) is 23.8 Å². The van der Waals surface area contributed by atoms with E-state index in [1.54, 1.807) is 13.0 Å². The second-order valence-corrected chi connectivity index (χ2v) is 9.98. The molecule has 0 aliphatic heterocycles. The van der Waals surface area contributed by atoms with Crippen molar-refractivity contribution in [2.75, 3.05) is 4.43 Å². The van der Waals surface area contributed by atoms with Crippen molar-refractivity contribution in [3.63, 3.8) is 0 Å². The van der Waals surface area contributed by atoms with Gasteiger partial charge < -0.3 is 10.2 Å². The Morgan fingerprint density at radius 3 is 2.70 bits per heavy atom. The van der Waals surface area contributed by atoms with E-state index >= 15 is 4.39 Å². The standard InChI is InChI=1S/C21H26FIO4/c1-18-7-5-13(24)9-12(18)3-4-15-14-6-8-20(27,17(26)11-23)19(14,2)10-16(25)21(15,18)22/h5,7,9,14-16,25,27H,3-4,6,8,10-11H2,1-2H3/t14-,15-,16-,18-,19-,20-,21-/m0/s1. The third-order valence-corrected chi connectivity index (χ3v) is 9.07. The molecule has 0 aromatic carbocycles. The molecule has 2 N–H and O–H groups in total. The summed E-state index contributed by atoms with van der Waals surface area (Å²) in [5.41, 5.74) is -4.53. The van der Waals surface area contributed by atoms with E-state index in [0.717, 1.165) is 5.57 Å². The first kappa shape index (κ1) is 19.7. The molecular formula is C21H26FIO4. The van der Waals surface area contributed by atoms with Gasteiger partial charge in [0.2, 0.25) is 0 Å². The average molecular weight is 488 g/mol. The van der Waals surface area contributed by atoms with Crippen LogP contribution in [0, 0.1) is 22.7 Å². The monoisotopic (exact) mass is 488 g/mol. The van der Waals surface area contributed by atoms with Gasteiger partial charge in [-0.05, 0) is 57.1 Å². The Balaban J connectivity index is 1.81. The maximum Gasteiger partial charge on any atom is 0.178 e. The SMILES string of the molecule is C[C@]12C=CC(=O)C=C1CC[C@H]1[C@@H]3CC[C@](O)(C(=O)CI)[C@@]3(C)C[C@H](O)[C@@]12F. The van der Waals surface area contributed by atoms with Crippen molar-refractivity contribution in [1.82, 2.24) is 0 Å². The molecule has 0 amide bonds. The van der Waals surface area contributed by atoms with Crippen molar-refractivity contribution >= 4 is 34.2 Å². The smallest absolute Gasteiger partial charge is 0.178 e. The summed E-state index contributed by atoms with van der Waals surface area (Å²) in [5, 5.41) is 22.4. The minimum atomic E-state index is -1.91. The van der Waals surface area contributed by atoms with Crippen LogP contribution in [0.2, 0.25) is 0 Å². The van der Waals surface area contributed by atoms with Crippen LogP contribution < -0.4 is 0 Å². The lowest BCUT2D eigenvalue weighted by Crippen LogP contribution is -2.69. The van der Waals surface area contributed by atoms with E-state index in [2.05, 4.69) is 0 Å². The predicted molar refractivity (Wildman–Crippen MR) is 107 cm³/mol. The van der Waals surface area contributed by atoms with Gasteiger partial charge in [-0.3, -0.25) is 9.59 Å². The van der Waals surface area contributed by atoms with Gasteiger partial charge >= 0.3 is 0 Å². The molecule has 0 aromatic rings. The summed E-state index contributed by atoms with van der Waals surface area (Å²) in [6, 6.07) is 0. The van der Waals surface area contributed by atoms with E-state index in [-0.39, 0.29) is 28.3 Å². The number of aliphatic hydroxyl groups is 2. The van der Waals surface area contributed by atoms with Crippen LogP contribution in [0.3, 0.4) is 0 Å². The van der Waals surface area contributed by atoms with Gasteiger partial charge in [0.05, 0.1) is 10.5 Å². The quantitative estimate of drug-likeness (QED) is 0.463. The molecule has 0 radical (unpaired) electrons. The predicted octanol–water partition coefficient (Wildman–Crippen LogP) is 3.09. The highest BCUT2D eigenvalue weighted by Gasteiger charge is 2.73. The first-order valence-electron chi connectivity index (χ1n) is 9.67. The average Bonchev–Trinajstić information content (AvgIpc) is 2.88. The second-order valence-electron chi connectivity index (χ2n) is 9.22. The summed E-state index contributed by atoms with van der Waals surface area (Å²) in [4.78, 5) is 24.4. The molecule has 0 aromatic heterocycles. The zero-order chi connectivity index (χ0) is 19.8. The van der Waals surface area contributed by atoms with Crippen molar-refractivity contribution in [1.29, 1.82) is 0 Å². The van der Waals surface area contributed by atoms with E-state index in [1.165, 1.54) is 12.2 Å². The summed E-state index contributed by atoms with van der Waals surface area (Å²) in [6.07, 6.45) is 5.31. The van der Waals surface area contributed by atoms with Crippen LogP contribution in [0.25, 0.3) is 0 Å². The molecule has 0 unspecified atom stereocenters. The normalized spacial score (nSPS) is 51.3. The van der Waals surface area contributed by atoms with Gasteiger partial charge in [0, 0.05) is 16.7 Å². The molecule has 3 fully saturated rings. The third-order valence-electron chi connectivity index (χ3n) is 8.38. The number of hydrogen-bond acceptors (Lipinski definition) is 4. The third kappa shape index (κ3) is 2.21. The second kappa shape index (κ2) is 5.95. The zero-order valence-electron chi connectivity index (χ0n) is 15.7. The van der Waals surface area contributed by atoms with Crippen LogP contribution in [0.1, 0.15) is 46.0 Å². The van der Waals surface area contributed by atoms with Crippen LogP contribution in [0.15, 0.2) is 23.8 Å². The molecule has 6 heteroatoms. The number of Topliss-reactive ketones (excluding diaryl/α,β-unsaturated/α-hetero) is 1. The minimum absolute atomic E-state index is 0.0498. The van der Waals surface area contributed by atoms with Gasteiger partial charge in [-0.25, -0.2) is 4.39 Å². The number of allylic oxidation sites excluding steroid dienone is 4. The molecule has 7 atom stereocenters. The minimum Gasteiger partial charge on any atom is -0.390 e. The van der Waals surface area contributed by atoms with Gasteiger partial charge in [0.25, 0.3) is 0 Å². The number of fused-ring (bicyclic) bond motifs is 5. The Bertz CT molecular complexity index is 778. The van der Waals surface area contributed by atoms with Crippen molar-refractivity contribution < 1.29 is 24.2 Å². The lowest BCUT2D eigenvalue weighted by molar-refractivity contribution is -0.216. The van der Waals surface area contributed by atoms with E-state index in [4.69, 9.17) is 0 Å². The van der Waals surface area contributed by atoms with Crippen molar-refractivity contribution in [3.8, 4) is 0 Å². The summed E-state index contributed by atoms with van der Waals surface area (Å²) >= 11 is 1.96. The summed E-state index contributed by atoms with van der Waals surface area (Å²) in [7, 11) is 0. The van der Waals surface area contributed by atoms with E-state index in [9.17, 15) is 19.8 Å². The summed E-state index contributed by atoms with van der Waals surface area (Å²) in [6.45, 7) is 3.63. The number of rotatable bonds is 2. The van der Waals surface area contributed by atoms with Gasteiger partial charge in [-0.15, -0.1) is 0 Å². The highest BCUT2D eigenvalue weighted by atomic mass is 127. The molecule has 0 heterocycles. The Hall–Kier alpha value is -0.600. The number of ketones is 2. The Morgan fingerprint density at radius 2 is 2.04 bits per heavy atom. The summed E-state index contributed by atoms with van der Waals surface area (Å²) < 4.78 is 17.0. The maximum absolute atomic E-state index is 16.8. The maximum atomic E-state index is 16.8. The number of halogens is 2.